The van der Waals surface area contributed by atoms with Crippen LogP contribution in [0, 0.1) is 0 Å². The molecule has 0 unspecified atom stereocenters. The zero-order chi connectivity index (χ0) is 18.1. The molecular weight excluding hydrogens is 354 g/mol. The molecule has 26 heavy (non-hydrogen) atoms. The van der Waals surface area contributed by atoms with Crippen LogP contribution >= 0.6 is 0 Å². The van der Waals surface area contributed by atoms with Gasteiger partial charge in [-0.3, -0.25) is 4.98 Å². The quantitative estimate of drug-likeness (QED) is 0.703. The average Bonchev–Trinajstić information content (AvgIpc) is 2.93. The van der Waals surface area contributed by atoms with Crippen molar-refractivity contribution in [2.45, 2.75) is 11.4 Å². The van der Waals surface area contributed by atoms with Crippen molar-refractivity contribution in [3.8, 4) is 17.4 Å². The number of methoxy groups -OCH3 is 1. The van der Waals surface area contributed by atoms with E-state index in [0.717, 1.165) is 0 Å². The van der Waals surface area contributed by atoms with Crippen LogP contribution in [0.4, 0.5) is 5.82 Å². The number of pyridine rings is 2. The van der Waals surface area contributed by atoms with Crippen molar-refractivity contribution in [2.24, 2.45) is 0 Å². The molecule has 0 bridgehead atoms. The fourth-order valence-corrected chi connectivity index (χ4v) is 4.34. The minimum absolute atomic E-state index is 0.193. The monoisotopic (exact) mass is 369 g/mol. The first kappa shape index (κ1) is 16.3. The molecule has 3 heterocycles. The number of anilines is 1. The Morgan fingerprint density at radius 3 is 2.73 bits per heavy atom. The van der Waals surface area contributed by atoms with Crippen molar-refractivity contribution in [3.63, 3.8) is 0 Å². The number of benzene rings is 1. The second-order valence-electron chi connectivity index (χ2n) is 5.61. The molecule has 2 aromatic heterocycles. The van der Waals surface area contributed by atoms with Crippen LogP contribution in [0.1, 0.15) is 5.56 Å². The van der Waals surface area contributed by atoms with Crippen molar-refractivity contribution in [2.75, 3.05) is 11.4 Å². The van der Waals surface area contributed by atoms with E-state index < -0.39 is 10.0 Å². The zero-order valence-corrected chi connectivity index (χ0v) is 14.7. The van der Waals surface area contributed by atoms with Gasteiger partial charge in [0.05, 0.1) is 24.7 Å². The molecule has 1 aromatic carbocycles. The summed E-state index contributed by atoms with van der Waals surface area (Å²) in [5.74, 6) is 1.72. The lowest BCUT2D eigenvalue weighted by Crippen LogP contribution is -2.24. The lowest BCUT2D eigenvalue weighted by Gasteiger charge is -2.16. The van der Waals surface area contributed by atoms with Crippen LogP contribution in [0.5, 0.6) is 17.4 Å². The van der Waals surface area contributed by atoms with Gasteiger partial charge in [0.25, 0.3) is 10.0 Å². The number of sulfonamides is 1. The SMILES string of the molecule is COc1ccc2c(c1)CN(c1cccc(Oc3cccnc3)n1)S2(=O)=O. The Morgan fingerprint density at radius 2 is 1.96 bits per heavy atom. The lowest BCUT2D eigenvalue weighted by molar-refractivity contribution is 0.414. The number of fused-ring (bicyclic) bond motifs is 1. The fraction of sp³-hybridized carbons (Fsp3) is 0.111. The van der Waals surface area contributed by atoms with E-state index in [0.29, 0.717) is 28.8 Å². The molecule has 1 aliphatic heterocycles. The highest BCUT2D eigenvalue weighted by Gasteiger charge is 2.36. The van der Waals surface area contributed by atoms with Crippen molar-refractivity contribution in [3.05, 3.63) is 66.5 Å². The molecule has 0 saturated carbocycles. The van der Waals surface area contributed by atoms with Crippen molar-refractivity contribution in [1.29, 1.82) is 0 Å². The zero-order valence-electron chi connectivity index (χ0n) is 13.9. The fourth-order valence-electron chi connectivity index (χ4n) is 2.75. The first-order valence-corrected chi connectivity index (χ1v) is 9.26. The minimum atomic E-state index is -3.67. The molecule has 8 heteroatoms. The van der Waals surface area contributed by atoms with Gasteiger partial charge < -0.3 is 9.47 Å². The van der Waals surface area contributed by atoms with E-state index in [4.69, 9.17) is 9.47 Å². The highest BCUT2D eigenvalue weighted by molar-refractivity contribution is 7.93. The molecular formula is C18H15N3O4S. The minimum Gasteiger partial charge on any atom is -0.497 e. The normalized spacial score (nSPS) is 14.7. The van der Waals surface area contributed by atoms with Gasteiger partial charge in [-0.1, -0.05) is 6.07 Å². The molecule has 0 aliphatic carbocycles. The molecule has 0 fully saturated rings. The van der Waals surface area contributed by atoms with E-state index in [1.807, 2.05) is 0 Å². The highest BCUT2D eigenvalue weighted by Crippen LogP contribution is 2.36. The maximum absolute atomic E-state index is 12.8. The smallest absolute Gasteiger partial charge is 0.266 e. The number of ether oxygens (including phenoxy) is 2. The van der Waals surface area contributed by atoms with Crippen LogP contribution in [-0.4, -0.2) is 25.5 Å². The van der Waals surface area contributed by atoms with Gasteiger partial charge in [-0.2, -0.15) is 4.98 Å². The van der Waals surface area contributed by atoms with Gasteiger partial charge in [0.1, 0.15) is 17.3 Å². The van der Waals surface area contributed by atoms with E-state index in [-0.39, 0.29) is 11.4 Å². The number of rotatable bonds is 4. The Balaban J connectivity index is 1.67. The average molecular weight is 369 g/mol. The summed E-state index contributed by atoms with van der Waals surface area (Å²) in [5, 5.41) is 0. The van der Waals surface area contributed by atoms with Gasteiger partial charge >= 0.3 is 0 Å². The topological polar surface area (TPSA) is 81.6 Å². The van der Waals surface area contributed by atoms with Crippen LogP contribution in [0.25, 0.3) is 0 Å². The summed E-state index contributed by atoms with van der Waals surface area (Å²) in [6, 6.07) is 13.4. The van der Waals surface area contributed by atoms with E-state index in [2.05, 4.69) is 9.97 Å². The van der Waals surface area contributed by atoms with E-state index in [9.17, 15) is 8.42 Å². The predicted molar refractivity (Wildman–Crippen MR) is 94.9 cm³/mol. The van der Waals surface area contributed by atoms with Gasteiger partial charge in [-0.05, 0) is 42.0 Å². The summed E-state index contributed by atoms with van der Waals surface area (Å²) >= 11 is 0. The maximum atomic E-state index is 12.8. The van der Waals surface area contributed by atoms with Crippen molar-refractivity contribution < 1.29 is 17.9 Å². The maximum Gasteiger partial charge on any atom is 0.266 e. The van der Waals surface area contributed by atoms with Crippen molar-refractivity contribution in [1.82, 2.24) is 9.97 Å². The van der Waals surface area contributed by atoms with Gasteiger partial charge in [-0.25, -0.2) is 12.7 Å². The van der Waals surface area contributed by atoms with Crippen LogP contribution < -0.4 is 13.8 Å². The third-order valence-corrected chi connectivity index (χ3v) is 5.82. The molecule has 0 spiro atoms. The Bertz CT molecular complexity index is 1060. The van der Waals surface area contributed by atoms with E-state index in [1.165, 1.54) is 4.31 Å². The second-order valence-corrected chi connectivity index (χ2v) is 7.44. The standard InChI is InChI=1S/C18H15N3O4S/c1-24-14-7-8-16-13(10-14)12-21(26(16,22)23)17-5-2-6-18(20-17)25-15-4-3-9-19-11-15/h2-11H,12H2,1H3. The Kier molecular flexibility index (Phi) is 3.96. The summed E-state index contributed by atoms with van der Waals surface area (Å²) < 4.78 is 37.8. The van der Waals surface area contributed by atoms with E-state index in [1.54, 1.807) is 68.0 Å². The van der Waals surface area contributed by atoms with Crippen LogP contribution in [0.2, 0.25) is 0 Å². The first-order valence-electron chi connectivity index (χ1n) is 7.82. The summed E-state index contributed by atoms with van der Waals surface area (Å²) in [5.41, 5.74) is 0.671. The van der Waals surface area contributed by atoms with Crippen LogP contribution in [0.3, 0.4) is 0 Å². The third kappa shape index (κ3) is 2.84. The summed E-state index contributed by atoms with van der Waals surface area (Å²) in [6.07, 6.45) is 3.20. The first-order chi connectivity index (χ1) is 12.6. The highest BCUT2D eigenvalue weighted by atomic mass is 32.2. The molecule has 1 aliphatic rings. The van der Waals surface area contributed by atoms with Gasteiger partial charge in [0.2, 0.25) is 5.88 Å². The van der Waals surface area contributed by atoms with Crippen LogP contribution in [0.15, 0.2) is 65.8 Å². The van der Waals surface area contributed by atoms with Gasteiger partial charge in [0, 0.05) is 12.3 Å². The predicted octanol–water partition coefficient (Wildman–Crippen LogP) is 2.99. The Morgan fingerprint density at radius 1 is 1.08 bits per heavy atom. The summed E-state index contributed by atoms with van der Waals surface area (Å²) in [7, 11) is -2.12. The molecule has 132 valence electrons. The molecule has 0 radical (unpaired) electrons. The van der Waals surface area contributed by atoms with Gasteiger partial charge in [0.15, 0.2) is 0 Å². The number of hydrogen-bond donors (Lipinski definition) is 0. The van der Waals surface area contributed by atoms with Gasteiger partial charge in [-0.15, -0.1) is 0 Å². The Hall–Kier alpha value is -3.13. The number of nitrogens with zero attached hydrogens (tertiary/aromatic N) is 3. The number of aromatic nitrogens is 2. The Labute approximate surface area is 150 Å². The molecule has 3 aromatic rings. The second kappa shape index (κ2) is 6.30. The molecule has 0 amide bonds. The number of hydrogen-bond acceptors (Lipinski definition) is 6. The third-order valence-electron chi connectivity index (χ3n) is 3.97. The molecule has 0 N–H and O–H groups in total. The molecule has 0 atom stereocenters. The molecule has 0 saturated heterocycles. The lowest BCUT2D eigenvalue weighted by atomic mass is 10.2. The molecule has 4 rings (SSSR count). The molecule has 7 nitrogen and oxygen atoms in total. The van der Waals surface area contributed by atoms with Crippen molar-refractivity contribution >= 4 is 15.8 Å². The largest absolute Gasteiger partial charge is 0.497 e. The summed E-state index contributed by atoms with van der Waals surface area (Å²) in [6.45, 7) is 0.193. The van der Waals surface area contributed by atoms with E-state index >= 15 is 0 Å². The van der Waals surface area contributed by atoms with Crippen LogP contribution in [-0.2, 0) is 16.6 Å². The summed E-state index contributed by atoms with van der Waals surface area (Å²) in [4.78, 5) is 8.58.